The molecular weight excluding hydrogens is 418 g/mol. The number of benzene rings is 2. The van der Waals surface area contributed by atoms with Crippen molar-refractivity contribution in [2.24, 2.45) is 0 Å². The Hall–Kier alpha value is -3.25. The first-order chi connectivity index (χ1) is 15.3. The van der Waals surface area contributed by atoms with Crippen LogP contribution in [0.4, 0.5) is 0 Å². The molecule has 5 nitrogen and oxygen atoms in total. The largest absolute Gasteiger partial charge is 0.294 e. The van der Waals surface area contributed by atoms with Gasteiger partial charge in [-0.05, 0) is 86.7 Å². The fraction of sp³-hybridized carbons (Fsp3) is 0.231. The molecule has 0 amide bonds. The van der Waals surface area contributed by atoms with Gasteiger partial charge in [0.15, 0.2) is 10.9 Å². The molecular formula is C26H25N3O2S. The third kappa shape index (κ3) is 3.98. The van der Waals surface area contributed by atoms with Crippen LogP contribution in [0.1, 0.15) is 45.1 Å². The van der Waals surface area contributed by atoms with Crippen LogP contribution in [-0.2, 0) is 5.75 Å². The van der Waals surface area contributed by atoms with E-state index in [4.69, 9.17) is 4.98 Å². The third-order valence-corrected chi connectivity index (χ3v) is 6.67. The molecule has 4 aromatic rings. The predicted octanol–water partition coefficient (Wildman–Crippen LogP) is 5.51. The zero-order valence-electron chi connectivity index (χ0n) is 18.9. The lowest BCUT2D eigenvalue weighted by atomic mass is 9.92. The van der Waals surface area contributed by atoms with Crippen molar-refractivity contribution in [3.8, 4) is 5.82 Å². The molecule has 2 aromatic carbocycles. The third-order valence-electron chi connectivity index (χ3n) is 5.70. The minimum absolute atomic E-state index is 0.0657. The first-order valence-corrected chi connectivity index (χ1v) is 11.4. The van der Waals surface area contributed by atoms with Crippen LogP contribution in [0, 0.1) is 27.7 Å². The fourth-order valence-corrected chi connectivity index (χ4v) is 5.37. The van der Waals surface area contributed by atoms with Gasteiger partial charge in [-0.3, -0.25) is 9.59 Å². The molecule has 0 saturated heterocycles. The molecule has 0 atom stereocenters. The van der Waals surface area contributed by atoms with Gasteiger partial charge in [-0.2, -0.15) is 0 Å². The number of carbonyl (C=O) groups is 1. The van der Waals surface area contributed by atoms with Crippen molar-refractivity contribution in [1.29, 1.82) is 0 Å². The van der Waals surface area contributed by atoms with Crippen LogP contribution in [0.15, 0.2) is 58.6 Å². The van der Waals surface area contributed by atoms with E-state index in [2.05, 4.69) is 18.0 Å². The lowest BCUT2D eigenvalue weighted by Gasteiger charge is -2.17. The number of aryl methyl sites for hydroxylation is 3. The number of rotatable bonds is 5. The normalized spacial score (nSPS) is 11.2. The second-order valence-electron chi connectivity index (χ2n) is 8.08. The van der Waals surface area contributed by atoms with Gasteiger partial charge in [-0.15, -0.1) is 0 Å². The van der Waals surface area contributed by atoms with Crippen molar-refractivity contribution in [3.05, 3.63) is 92.4 Å². The number of fused-ring (bicyclic) bond motifs is 1. The van der Waals surface area contributed by atoms with Crippen LogP contribution in [-0.4, -0.2) is 20.3 Å². The van der Waals surface area contributed by atoms with Gasteiger partial charge in [0.2, 0.25) is 0 Å². The monoisotopic (exact) mass is 443 g/mol. The number of aromatic nitrogens is 3. The Bertz CT molecular complexity index is 1420. The van der Waals surface area contributed by atoms with Gasteiger partial charge in [-0.1, -0.05) is 30.0 Å². The molecule has 6 heteroatoms. The predicted molar refractivity (Wildman–Crippen MR) is 130 cm³/mol. The van der Waals surface area contributed by atoms with E-state index in [1.165, 1.54) is 11.8 Å². The fourth-order valence-electron chi connectivity index (χ4n) is 4.18. The smallest absolute Gasteiger partial charge is 0.267 e. The van der Waals surface area contributed by atoms with Crippen LogP contribution >= 0.6 is 11.8 Å². The highest BCUT2D eigenvalue weighted by molar-refractivity contribution is 7.98. The van der Waals surface area contributed by atoms with Crippen molar-refractivity contribution in [2.75, 3.05) is 0 Å². The first-order valence-electron chi connectivity index (χ1n) is 10.5. The highest BCUT2D eigenvalue weighted by Gasteiger charge is 2.18. The number of hydrogen-bond donors (Lipinski definition) is 0. The Morgan fingerprint density at radius 3 is 2.50 bits per heavy atom. The van der Waals surface area contributed by atoms with Crippen LogP contribution in [0.3, 0.4) is 0 Å². The molecule has 162 valence electrons. The van der Waals surface area contributed by atoms with Crippen molar-refractivity contribution < 1.29 is 4.79 Å². The molecule has 0 radical (unpaired) electrons. The second kappa shape index (κ2) is 8.71. The first kappa shape index (κ1) is 22.0. The van der Waals surface area contributed by atoms with E-state index in [-0.39, 0.29) is 11.3 Å². The summed E-state index contributed by atoms with van der Waals surface area (Å²) >= 11 is 1.49. The second-order valence-corrected chi connectivity index (χ2v) is 9.02. The van der Waals surface area contributed by atoms with Crippen molar-refractivity contribution >= 4 is 28.4 Å². The van der Waals surface area contributed by atoms with Crippen molar-refractivity contribution in [1.82, 2.24) is 14.5 Å². The molecule has 0 bridgehead atoms. The molecule has 0 aliphatic heterocycles. The quantitative estimate of drug-likeness (QED) is 0.231. The number of hydrogen-bond acceptors (Lipinski definition) is 5. The molecule has 0 aliphatic carbocycles. The maximum absolute atomic E-state index is 13.4. The Morgan fingerprint density at radius 1 is 1.03 bits per heavy atom. The molecule has 32 heavy (non-hydrogen) atoms. The number of thioether (sulfide) groups is 1. The molecule has 0 aliphatic rings. The van der Waals surface area contributed by atoms with E-state index in [1.807, 2.05) is 51.1 Å². The van der Waals surface area contributed by atoms with E-state index in [1.54, 1.807) is 23.8 Å². The molecule has 0 unspecified atom stereocenters. The summed E-state index contributed by atoms with van der Waals surface area (Å²) in [6.07, 6.45) is 1.70. The molecule has 2 heterocycles. The zero-order valence-corrected chi connectivity index (χ0v) is 19.7. The lowest BCUT2D eigenvalue weighted by Crippen LogP contribution is -2.22. The highest BCUT2D eigenvalue weighted by atomic mass is 32.2. The number of carbonyl (C=O) groups excluding carboxylic acids is 1. The van der Waals surface area contributed by atoms with E-state index in [0.717, 1.165) is 33.4 Å². The van der Waals surface area contributed by atoms with Crippen molar-refractivity contribution in [3.63, 3.8) is 0 Å². The lowest BCUT2D eigenvalue weighted by molar-refractivity contribution is 0.101. The van der Waals surface area contributed by atoms with Gasteiger partial charge in [-0.25, -0.2) is 14.5 Å². The summed E-state index contributed by atoms with van der Waals surface area (Å²) in [5.41, 5.74) is 6.51. The Kier molecular flexibility index (Phi) is 5.98. The summed E-state index contributed by atoms with van der Waals surface area (Å²) in [4.78, 5) is 34.9. The number of Topliss-reactive ketones (excluding diaryl/α,β-unsaturated/α-hetero) is 1. The molecule has 0 fully saturated rings. The van der Waals surface area contributed by atoms with Crippen LogP contribution in [0.5, 0.6) is 0 Å². The molecule has 0 saturated carbocycles. The van der Waals surface area contributed by atoms with E-state index < -0.39 is 0 Å². The summed E-state index contributed by atoms with van der Waals surface area (Å²) in [7, 11) is 0. The van der Waals surface area contributed by atoms with Gasteiger partial charge in [0.1, 0.15) is 5.82 Å². The van der Waals surface area contributed by atoms with Gasteiger partial charge in [0.25, 0.3) is 5.56 Å². The standard InChI is InChI=1S/C26H25N3O2S/c1-15-10-11-27-23(12-15)29-25(31)20-8-6-7-9-22(20)28-26(29)32-14-21-16(2)13-17(3)24(18(21)4)19(5)30/h6-13H,14H2,1-5H3. The van der Waals surface area contributed by atoms with E-state index >= 15 is 0 Å². The van der Waals surface area contributed by atoms with Gasteiger partial charge >= 0.3 is 0 Å². The number of pyridine rings is 1. The van der Waals surface area contributed by atoms with Crippen LogP contribution < -0.4 is 5.56 Å². The summed E-state index contributed by atoms with van der Waals surface area (Å²) in [5, 5.41) is 1.14. The average Bonchev–Trinajstić information content (AvgIpc) is 2.73. The summed E-state index contributed by atoms with van der Waals surface area (Å²) in [5.74, 6) is 1.21. The van der Waals surface area contributed by atoms with Gasteiger partial charge in [0.05, 0.1) is 10.9 Å². The SMILES string of the molecule is CC(=O)c1c(C)cc(C)c(CSc2nc3ccccc3c(=O)n2-c2cc(C)ccn2)c1C. The van der Waals surface area contributed by atoms with E-state index in [0.29, 0.717) is 27.6 Å². The van der Waals surface area contributed by atoms with E-state index in [9.17, 15) is 9.59 Å². The zero-order chi connectivity index (χ0) is 23.0. The summed E-state index contributed by atoms with van der Waals surface area (Å²) < 4.78 is 1.59. The molecule has 4 rings (SSSR count). The molecule has 0 spiro atoms. The summed E-state index contributed by atoms with van der Waals surface area (Å²) in [6, 6.07) is 13.2. The van der Waals surface area contributed by atoms with Crippen molar-refractivity contribution in [2.45, 2.75) is 45.5 Å². The number of nitrogens with zero attached hydrogens (tertiary/aromatic N) is 3. The van der Waals surface area contributed by atoms with Gasteiger partial charge in [0, 0.05) is 17.5 Å². The molecule has 2 aromatic heterocycles. The number of ketones is 1. The maximum Gasteiger partial charge on any atom is 0.267 e. The average molecular weight is 444 g/mol. The maximum atomic E-state index is 13.4. The molecule has 0 N–H and O–H groups in total. The Labute approximate surface area is 191 Å². The minimum Gasteiger partial charge on any atom is -0.294 e. The summed E-state index contributed by atoms with van der Waals surface area (Å²) in [6.45, 7) is 9.60. The Morgan fingerprint density at radius 2 is 1.78 bits per heavy atom. The topological polar surface area (TPSA) is 64.8 Å². The Balaban J connectivity index is 1.86. The van der Waals surface area contributed by atoms with Gasteiger partial charge < -0.3 is 0 Å². The van der Waals surface area contributed by atoms with Crippen LogP contribution in [0.2, 0.25) is 0 Å². The van der Waals surface area contributed by atoms with Crippen LogP contribution in [0.25, 0.3) is 16.7 Å². The minimum atomic E-state index is -0.141. The highest BCUT2D eigenvalue weighted by Crippen LogP contribution is 2.30. The number of para-hydroxylation sites is 1.